The Labute approximate surface area is 123 Å². The summed E-state index contributed by atoms with van der Waals surface area (Å²) in [6, 6.07) is 3.10. The Morgan fingerprint density at radius 2 is 1.05 bits per heavy atom. The van der Waals surface area contributed by atoms with Crippen molar-refractivity contribution in [2.75, 3.05) is 39.3 Å². The summed E-state index contributed by atoms with van der Waals surface area (Å²) in [5.41, 5.74) is 6.03. The van der Waals surface area contributed by atoms with Gasteiger partial charge in [-0.15, -0.1) is 0 Å². The monoisotopic (exact) mass is 278 g/mol. The van der Waals surface area contributed by atoms with Gasteiger partial charge in [-0.25, -0.2) is 0 Å². The number of hydrogen-bond acceptors (Lipinski definition) is 4. The quantitative estimate of drug-likeness (QED) is 0.825. The van der Waals surface area contributed by atoms with Gasteiger partial charge in [0, 0.05) is 50.3 Å². The van der Waals surface area contributed by atoms with E-state index in [1.807, 2.05) is 0 Å². The van der Waals surface area contributed by atoms with Crippen LogP contribution in [0.2, 0.25) is 0 Å². The van der Waals surface area contributed by atoms with Crippen molar-refractivity contribution in [2.45, 2.75) is 62.7 Å². The maximum Gasteiger partial charge on any atom is 0.0236 e. The molecule has 0 spiro atoms. The van der Waals surface area contributed by atoms with Crippen LogP contribution in [-0.4, -0.2) is 78.1 Å². The van der Waals surface area contributed by atoms with Crippen molar-refractivity contribution < 1.29 is 0 Å². The smallest absolute Gasteiger partial charge is 0.0236 e. The number of likely N-dealkylation sites (tertiary alicyclic amines) is 3. The van der Waals surface area contributed by atoms with Crippen molar-refractivity contribution in [1.29, 1.82) is 0 Å². The Morgan fingerprint density at radius 1 is 0.550 bits per heavy atom. The predicted molar refractivity (Wildman–Crippen MR) is 81.8 cm³/mol. The molecule has 4 fully saturated rings. The Morgan fingerprint density at radius 3 is 1.65 bits per heavy atom. The van der Waals surface area contributed by atoms with Crippen LogP contribution in [0.3, 0.4) is 0 Å². The lowest BCUT2D eigenvalue weighted by molar-refractivity contribution is 0.143. The third kappa shape index (κ3) is 2.76. The molecule has 3 aliphatic heterocycles. The van der Waals surface area contributed by atoms with Gasteiger partial charge in [0.2, 0.25) is 0 Å². The molecule has 4 heteroatoms. The highest BCUT2D eigenvalue weighted by Gasteiger charge is 2.39. The number of nitrogens with zero attached hydrogens (tertiary/aromatic N) is 3. The topological polar surface area (TPSA) is 35.7 Å². The van der Waals surface area contributed by atoms with Crippen LogP contribution in [-0.2, 0) is 0 Å². The SMILES string of the molecule is NC1CCN(C2CCN(C3CCN(C4CC4)C3)C2)CC1. The first-order valence-electron chi connectivity index (χ1n) is 8.77. The summed E-state index contributed by atoms with van der Waals surface area (Å²) in [5, 5.41) is 0. The predicted octanol–water partition coefficient (Wildman–Crippen LogP) is 0.721. The average Bonchev–Trinajstić information content (AvgIpc) is 3.01. The van der Waals surface area contributed by atoms with Crippen LogP contribution >= 0.6 is 0 Å². The molecule has 114 valence electrons. The zero-order chi connectivity index (χ0) is 13.5. The van der Waals surface area contributed by atoms with E-state index in [1.54, 1.807) is 0 Å². The molecule has 20 heavy (non-hydrogen) atoms. The van der Waals surface area contributed by atoms with Gasteiger partial charge in [0.25, 0.3) is 0 Å². The van der Waals surface area contributed by atoms with Crippen LogP contribution in [0.5, 0.6) is 0 Å². The van der Waals surface area contributed by atoms with Gasteiger partial charge in [-0.3, -0.25) is 14.7 Å². The van der Waals surface area contributed by atoms with E-state index in [9.17, 15) is 0 Å². The van der Waals surface area contributed by atoms with Crippen molar-refractivity contribution in [3.05, 3.63) is 0 Å². The maximum absolute atomic E-state index is 6.03. The summed E-state index contributed by atoms with van der Waals surface area (Å²) in [6.07, 6.45) is 8.13. The van der Waals surface area contributed by atoms with E-state index < -0.39 is 0 Å². The van der Waals surface area contributed by atoms with Crippen LogP contribution in [0.25, 0.3) is 0 Å². The number of nitrogens with two attached hydrogens (primary N) is 1. The van der Waals surface area contributed by atoms with Gasteiger partial charge in [-0.2, -0.15) is 0 Å². The normalized spacial score (nSPS) is 38.9. The summed E-state index contributed by atoms with van der Waals surface area (Å²) in [7, 11) is 0. The van der Waals surface area contributed by atoms with Gasteiger partial charge in [0.05, 0.1) is 0 Å². The van der Waals surface area contributed by atoms with Gasteiger partial charge in [-0.05, 0) is 51.6 Å². The Kier molecular flexibility index (Phi) is 3.75. The van der Waals surface area contributed by atoms with Crippen molar-refractivity contribution in [1.82, 2.24) is 14.7 Å². The molecule has 4 aliphatic rings. The highest BCUT2D eigenvalue weighted by atomic mass is 15.3. The fourth-order valence-electron chi connectivity index (χ4n) is 4.52. The molecular formula is C16H30N4. The van der Waals surface area contributed by atoms with Gasteiger partial charge < -0.3 is 5.73 Å². The lowest BCUT2D eigenvalue weighted by Gasteiger charge is -2.35. The molecule has 3 saturated heterocycles. The molecule has 0 radical (unpaired) electrons. The highest BCUT2D eigenvalue weighted by Crippen LogP contribution is 2.32. The largest absolute Gasteiger partial charge is 0.328 e. The number of rotatable bonds is 3. The molecule has 2 N–H and O–H groups in total. The molecule has 0 amide bonds. The molecule has 0 aromatic rings. The van der Waals surface area contributed by atoms with Crippen molar-refractivity contribution >= 4 is 0 Å². The average molecular weight is 278 g/mol. The van der Waals surface area contributed by atoms with E-state index in [2.05, 4.69) is 14.7 Å². The van der Waals surface area contributed by atoms with Crippen molar-refractivity contribution in [2.24, 2.45) is 5.73 Å². The first-order chi connectivity index (χ1) is 9.79. The minimum Gasteiger partial charge on any atom is -0.328 e. The van der Waals surface area contributed by atoms with Crippen LogP contribution in [0.4, 0.5) is 0 Å². The second-order valence-electron chi connectivity index (χ2n) is 7.48. The fraction of sp³-hybridized carbons (Fsp3) is 1.00. The van der Waals surface area contributed by atoms with Crippen molar-refractivity contribution in [3.63, 3.8) is 0 Å². The molecule has 2 atom stereocenters. The van der Waals surface area contributed by atoms with E-state index in [0.717, 1.165) is 18.1 Å². The van der Waals surface area contributed by atoms with E-state index in [4.69, 9.17) is 5.73 Å². The van der Waals surface area contributed by atoms with Gasteiger partial charge in [0.15, 0.2) is 0 Å². The molecule has 4 rings (SSSR count). The van der Waals surface area contributed by atoms with Gasteiger partial charge in [-0.1, -0.05) is 0 Å². The molecule has 1 saturated carbocycles. The lowest BCUT2D eigenvalue weighted by atomic mass is 10.0. The van der Waals surface area contributed by atoms with E-state index in [-0.39, 0.29) is 0 Å². The van der Waals surface area contributed by atoms with E-state index in [0.29, 0.717) is 6.04 Å². The summed E-state index contributed by atoms with van der Waals surface area (Å²) < 4.78 is 0. The second kappa shape index (κ2) is 5.56. The molecular weight excluding hydrogens is 248 g/mol. The molecule has 2 unspecified atom stereocenters. The molecule has 0 bridgehead atoms. The molecule has 3 heterocycles. The Balaban J connectivity index is 1.27. The summed E-state index contributed by atoms with van der Waals surface area (Å²) in [6.45, 7) is 7.82. The maximum atomic E-state index is 6.03. The van der Waals surface area contributed by atoms with E-state index >= 15 is 0 Å². The number of hydrogen-bond donors (Lipinski definition) is 1. The second-order valence-corrected chi connectivity index (χ2v) is 7.48. The van der Waals surface area contributed by atoms with Crippen LogP contribution < -0.4 is 5.73 Å². The summed E-state index contributed by atoms with van der Waals surface area (Å²) in [5.74, 6) is 0. The summed E-state index contributed by atoms with van der Waals surface area (Å²) in [4.78, 5) is 8.26. The number of piperidine rings is 1. The first kappa shape index (κ1) is 13.5. The standard InChI is InChI=1S/C16H30N4/c17-13-3-7-18(8-4-13)15-5-10-20(11-15)16-6-9-19(12-16)14-1-2-14/h13-16H,1-12,17H2. The minimum absolute atomic E-state index is 0.464. The Hall–Kier alpha value is -0.160. The van der Waals surface area contributed by atoms with Crippen LogP contribution in [0.15, 0.2) is 0 Å². The lowest BCUT2D eigenvalue weighted by Crippen LogP contribution is -2.46. The van der Waals surface area contributed by atoms with Gasteiger partial charge >= 0.3 is 0 Å². The minimum atomic E-state index is 0.464. The van der Waals surface area contributed by atoms with E-state index in [1.165, 1.54) is 77.8 Å². The molecule has 4 nitrogen and oxygen atoms in total. The zero-order valence-electron chi connectivity index (χ0n) is 12.7. The molecule has 0 aromatic heterocycles. The third-order valence-electron chi connectivity index (χ3n) is 6.06. The van der Waals surface area contributed by atoms with Gasteiger partial charge in [0.1, 0.15) is 0 Å². The van der Waals surface area contributed by atoms with Crippen LogP contribution in [0, 0.1) is 0 Å². The highest BCUT2D eigenvalue weighted by molar-refractivity contribution is 4.96. The zero-order valence-corrected chi connectivity index (χ0v) is 12.7. The summed E-state index contributed by atoms with van der Waals surface area (Å²) >= 11 is 0. The third-order valence-corrected chi connectivity index (χ3v) is 6.06. The fourth-order valence-corrected chi connectivity index (χ4v) is 4.52. The van der Waals surface area contributed by atoms with Crippen molar-refractivity contribution in [3.8, 4) is 0 Å². The molecule has 0 aromatic carbocycles. The molecule has 1 aliphatic carbocycles. The van der Waals surface area contributed by atoms with Crippen LogP contribution in [0.1, 0.15) is 38.5 Å². The first-order valence-corrected chi connectivity index (χ1v) is 8.77. The Bertz CT molecular complexity index is 335.